The SMILES string of the molecule is O=C(O)C(CC1=CCCCC1)([Se]c1ccccc1)C(=O)O. The van der Waals surface area contributed by atoms with Gasteiger partial charge in [0.2, 0.25) is 0 Å². The summed E-state index contributed by atoms with van der Waals surface area (Å²) in [6.45, 7) is 0. The van der Waals surface area contributed by atoms with Crippen molar-refractivity contribution in [2.75, 3.05) is 0 Å². The second kappa shape index (κ2) is 6.92. The molecule has 2 N–H and O–H groups in total. The summed E-state index contributed by atoms with van der Waals surface area (Å²) in [6.07, 6.45) is 5.98. The van der Waals surface area contributed by atoms with Gasteiger partial charge in [0, 0.05) is 0 Å². The van der Waals surface area contributed by atoms with E-state index in [2.05, 4.69) is 0 Å². The van der Waals surface area contributed by atoms with Crippen LogP contribution in [0.2, 0.25) is 4.31 Å². The molecule has 4 nitrogen and oxygen atoms in total. The van der Waals surface area contributed by atoms with Crippen molar-refractivity contribution in [2.45, 2.75) is 36.4 Å². The first kappa shape index (κ1) is 15.8. The van der Waals surface area contributed by atoms with Crippen molar-refractivity contribution in [2.24, 2.45) is 0 Å². The molecule has 0 radical (unpaired) electrons. The third-order valence-electron chi connectivity index (χ3n) is 3.59. The minimum atomic E-state index is -1.71. The first-order valence-corrected chi connectivity index (χ1v) is 8.65. The van der Waals surface area contributed by atoms with E-state index >= 15 is 0 Å². The molecular weight excluding hydrogens is 335 g/mol. The van der Waals surface area contributed by atoms with Gasteiger partial charge in [-0.3, -0.25) is 0 Å². The molecule has 0 spiro atoms. The summed E-state index contributed by atoms with van der Waals surface area (Å²) in [7, 11) is 0. The zero-order chi connectivity index (χ0) is 15.3. The van der Waals surface area contributed by atoms with Crippen molar-refractivity contribution in [1.29, 1.82) is 0 Å². The van der Waals surface area contributed by atoms with E-state index in [1.165, 1.54) is 0 Å². The van der Waals surface area contributed by atoms with Gasteiger partial charge >= 0.3 is 130 Å². The molecule has 1 aliphatic carbocycles. The molecule has 0 saturated carbocycles. The van der Waals surface area contributed by atoms with Crippen LogP contribution >= 0.6 is 0 Å². The van der Waals surface area contributed by atoms with Crippen molar-refractivity contribution in [3.8, 4) is 0 Å². The van der Waals surface area contributed by atoms with Gasteiger partial charge in [-0.2, -0.15) is 0 Å². The molecule has 112 valence electrons. The monoisotopic (exact) mass is 354 g/mol. The van der Waals surface area contributed by atoms with Crippen molar-refractivity contribution in [3.63, 3.8) is 0 Å². The zero-order valence-corrected chi connectivity index (χ0v) is 13.3. The number of hydrogen-bond donors (Lipinski definition) is 2. The summed E-state index contributed by atoms with van der Waals surface area (Å²) in [5, 5.41) is 19.2. The van der Waals surface area contributed by atoms with Gasteiger partial charge < -0.3 is 0 Å². The first-order chi connectivity index (χ1) is 10.0. The molecule has 1 aromatic carbocycles. The van der Waals surface area contributed by atoms with Crippen LogP contribution < -0.4 is 4.46 Å². The van der Waals surface area contributed by atoms with Gasteiger partial charge in [-0.25, -0.2) is 0 Å². The Hall–Kier alpha value is -1.58. The third kappa shape index (κ3) is 3.74. The van der Waals surface area contributed by atoms with Crippen molar-refractivity contribution < 1.29 is 19.8 Å². The molecule has 0 amide bonds. The second-order valence-electron chi connectivity index (χ2n) is 5.14. The average Bonchev–Trinajstić information content (AvgIpc) is 2.48. The van der Waals surface area contributed by atoms with Crippen LogP contribution in [0.5, 0.6) is 0 Å². The fraction of sp³-hybridized carbons (Fsp3) is 0.375. The van der Waals surface area contributed by atoms with E-state index in [0.29, 0.717) is 0 Å². The molecule has 0 aliphatic heterocycles. The Morgan fingerprint density at radius 1 is 1.10 bits per heavy atom. The number of carboxylic acid groups (broad SMARTS) is 2. The van der Waals surface area contributed by atoms with Gasteiger partial charge in [-0.05, 0) is 0 Å². The summed E-state index contributed by atoms with van der Waals surface area (Å²) in [6, 6.07) is 9.06. The molecule has 0 saturated heterocycles. The van der Waals surface area contributed by atoms with Gasteiger partial charge in [-0.15, -0.1) is 0 Å². The Kier molecular flexibility index (Phi) is 5.21. The molecular formula is C16H18O4Se. The molecule has 1 aliphatic rings. The number of carbonyl (C=O) groups is 2. The van der Waals surface area contributed by atoms with E-state index in [-0.39, 0.29) is 6.42 Å². The Balaban J connectivity index is 2.31. The van der Waals surface area contributed by atoms with Gasteiger partial charge in [0.15, 0.2) is 0 Å². The van der Waals surface area contributed by atoms with Crippen molar-refractivity contribution in [3.05, 3.63) is 42.0 Å². The standard InChI is InChI=1S/C16H18O4Se/c17-14(18)16(15(19)20,11-12-7-3-1-4-8-12)21-13-9-5-2-6-10-13/h2,5-7,9-10H,1,3-4,8,11H2,(H,17,18)(H,19,20). The Morgan fingerprint density at radius 3 is 2.29 bits per heavy atom. The van der Waals surface area contributed by atoms with E-state index in [1.807, 2.05) is 24.3 Å². The molecule has 0 heterocycles. The molecule has 0 fully saturated rings. The first-order valence-electron chi connectivity index (χ1n) is 6.93. The maximum absolute atomic E-state index is 11.7. The van der Waals surface area contributed by atoms with E-state index in [9.17, 15) is 19.8 Å². The number of allylic oxidation sites excluding steroid dienone is 2. The topological polar surface area (TPSA) is 74.6 Å². The molecule has 2 rings (SSSR count). The molecule has 5 heteroatoms. The fourth-order valence-electron chi connectivity index (χ4n) is 2.44. The van der Waals surface area contributed by atoms with Crippen molar-refractivity contribution in [1.82, 2.24) is 0 Å². The second-order valence-corrected chi connectivity index (χ2v) is 8.02. The molecule has 21 heavy (non-hydrogen) atoms. The number of carboxylic acids is 2. The van der Waals surface area contributed by atoms with E-state index in [1.54, 1.807) is 12.1 Å². The summed E-state index contributed by atoms with van der Waals surface area (Å²) < 4.78 is -0.913. The molecule has 0 atom stereocenters. The molecule has 0 unspecified atom stereocenters. The number of benzene rings is 1. The average molecular weight is 353 g/mol. The molecule has 1 aromatic rings. The normalized spacial score (nSPS) is 15.3. The molecule has 0 aromatic heterocycles. The number of rotatable bonds is 6. The third-order valence-corrected chi connectivity index (χ3v) is 6.42. The maximum atomic E-state index is 11.7. The van der Waals surface area contributed by atoms with Crippen LogP contribution in [0.15, 0.2) is 42.0 Å². The van der Waals surface area contributed by atoms with Gasteiger partial charge in [0.1, 0.15) is 0 Å². The van der Waals surface area contributed by atoms with E-state index in [0.717, 1.165) is 35.7 Å². The van der Waals surface area contributed by atoms with Crippen LogP contribution in [0.1, 0.15) is 32.1 Å². The van der Waals surface area contributed by atoms with Crippen LogP contribution in [0.25, 0.3) is 0 Å². The molecule has 0 bridgehead atoms. The van der Waals surface area contributed by atoms with E-state index < -0.39 is 31.2 Å². The quantitative estimate of drug-likeness (QED) is 0.467. The fourth-order valence-corrected chi connectivity index (χ4v) is 4.81. The Labute approximate surface area is 130 Å². The zero-order valence-electron chi connectivity index (χ0n) is 11.6. The van der Waals surface area contributed by atoms with Crippen LogP contribution in [0.4, 0.5) is 0 Å². The van der Waals surface area contributed by atoms with Crippen LogP contribution in [-0.2, 0) is 9.59 Å². The minimum absolute atomic E-state index is 0.118. The summed E-state index contributed by atoms with van der Waals surface area (Å²) in [5.74, 6) is -2.46. The van der Waals surface area contributed by atoms with E-state index in [4.69, 9.17) is 0 Å². The van der Waals surface area contributed by atoms with Crippen LogP contribution in [-0.4, -0.2) is 37.1 Å². The Morgan fingerprint density at radius 2 is 1.76 bits per heavy atom. The Bertz CT molecular complexity index is 537. The number of hydrogen-bond acceptors (Lipinski definition) is 2. The van der Waals surface area contributed by atoms with Crippen LogP contribution in [0.3, 0.4) is 0 Å². The predicted octanol–water partition coefficient (Wildman–Crippen LogP) is 2.23. The number of aliphatic carboxylic acids is 2. The van der Waals surface area contributed by atoms with Gasteiger partial charge in [0.25, 0.3) is 0 Å². The summed E-state index contributed by atoms with van der Waals surface area (Å²) in [5.41, 5.74) is 0.976. The van der Waals surface area contributed by atoms with Gasteiger partial charge in [0.05, 0.1) is 0 Å². The van der Waals surface area contributed by atoms with Gasteiger partial charge in [-0.1, -0.05) is 0 Å². The van der Waals surface area contributed by atoms with Crippen molar-refractivity contribution >= 4 is 31.4 Å². The predicted molar refractivity (Wildman–Crippen MR) is 81.0 cm³/mol. The summed E-state index contributed by atoms with van der Waals surface area (Å²) >= 11 is -0.662. The summed E-state index contributed by atoms with van der Waals surface area (Å²) in [4.78, 5) is 23.5. The van der Waals surface area contributed by atoms with Crippen LogP contribution in [0, 0.1) is 0 Å².